The maximum absolute atomic E-state index is 15.8. The summed E-state index contributed by atoms with van der Waals surface area (Å²) in [4.78, 5) is 80.2. The molecule has 8 rings (SSSR count). The minimum atomic E-state index is -4.70. The Morgan fingerprint density at radius 1 is 0.820 bits per heavy atom. The molecule has 61 heavy (non-hydrogen) atoms. The summed E-state index contributed by atoms with van der Waals surface area (Å²) in [6, 6.07) is 11.1. The third-order valence-corrected chi connectivity index (χ3v) is 12.7. The zero-order valence-electron chi connectivity index (χ0n) is 33.3. The Balaban J connectivity index is 0.755. The molecule has 0 aliphatic carbocycles. The van der Waals surface area contributed by atoms with Gasteiger partial charge < -0.3 is 20.0 Å². The van der Waals surface area contributed by atoms with Crippen molar-refractivity contribution in [3.63, 3.8) is 0 Å². The van der Waals surface area contributed by atoms with Gasteiger partial charge >= 0.3 is 6.18 Å². The highest BCUT2D eigenvalue weighted by Gasteiger charge is 2.45. The Morgan fingerprint density at radius 2 is 1.46 bits per heavy atom. The van der Waals surface area contributed by atoms with Crippen LogP contribution < -0.4 is 25.3 Å². The van der Waals surface area contributed by atoms with E-state index in [9.17, 15) is 37.1 Å². The zero-order chi connectivity index (χ0) is 43.1. The van der Waals surface area contributed by atoms with E-state index in [-0.39, 0.29) is 61.4 Å². The number of halogens is 4. The average Bonchev–Trinajstić information content (AvgIpc) is 3.51. The molecule has 5 amide bonds. The molecule has 0 spiro atoms. The summed E-state index contributed by atoms with van der Waals surface area (Å²) in [6.07, 6.45) is -0.194. The molecule has 320 valence electrons. The predicted octanol–water partition coefficient (Wildman–Crippen LogP) is 5.43. The molecule has 0 saturated carbocycles. The van der Waals surface area contributed by atoms with Gasteiger partial charge in [-0.2, -0.15) is 13.2 Å². The van der Waals surface area contributed by atoms with Crippen LogP contribution in [0.4, 0.5) is 46.1 Å². The molecule has 14 nitrogen and oxygen atoms in total. The van der Waals surface area contributed by atoms with E-state index in [2.05, 4.69) is 35.2 Å². The number of imide groups is 2. The highest BCUT2D eigenvalue weighted by molar-refractivity contribution is 6.23. The fourth-order valence-electron chi connectivity index (χ4n) is 9.00. The van der Waals surface area contributed by atoms with Gasteiger partial charge in [-0.1, -0.05) is 6.07 Å². The van der Waals surface area contributed by atoms with Crippen molar-refractivity contribution in [2.24, 2.45) is 5.92 Å². The number of piperidine rings is 3. The molecule has 2 aromatic carbocycles. The van der Waals surface area contributed by atoms with Gasteiger partial charge in [0.1, 0.15) is 11.9 Å². The van der Waals surface area contributed by atoms with Crippen molar-refractivity contribution in [2.75, 3.05) is 78.9 Å². The topological polar surface area (TPSA) is 143 Å². The molecule has 1 unspecified atom stereocenters. The first kappa shape index (κ1) is 41.6. The van der Waals surface area contributed by atoms with Crippen molar-refractivity contribution in [3.05, 3.63) is 82.8 Å². The first-order valence-corrected chi connectivity index (χ1v) is 20.6. The van der Waals surface area contributed by atoms with Crippen molar-refractivity contribution < 1.29 is 41.5 Å². The quantitative estimate of drug-likeness (QED) is 0.163. The number of aromatic nitrogens is 1. The third kappa shape index (κ3) is 8.61. The number of amides is 5. The van der Waals surface area contributed by atoms with Crippen LogP contribution in [0.1, 0.15) is 71.2 Å². The van der Waals surface area contributed by atoms with E-state index in [1.165, 1.54) is 6.07 Å². The van der Waals surface area contributed by atoms with Gasteiger partial charge in [0.25, 0.3) is 17.7 Å². The summed E-state index contributed by atoms with van der Waals surface area (Å²) < 4.78 is 56.2. The molecule has 0 bridgehead atoms. The fourth-order valence-corrected chi connectivity index (χ4v) is 9.00. The Labute approximate surface area is 349 Å². The summed E-state index contributed by atoms with van der Waals surface area (Å²) in [6.45, 7) is 13.0. The number of alkyl halides is 4. The van der Waals surface area contributed by atoms with E-state index in [1.807, 2.05) is 12.1 Å². The van der Waals surface area contributed by atoms with Crippen molar-refractivity contribution in [2.45, 2.75) is 62.8 Å². The fraction of sp³-hybridized carbons (Fsp3) is 0.465. The van der Waals surface area contributed by atoms with Crippen LogP contribution in [0.15, 0.2) is 54.7 Å². The molecular formula is C43H45F4N9O5. The predicted molar refractivity (Wildman–Crippen MR) is 217 cm³/mol. The van der Waals surface area contributed by atoms with Crippen molar-refractivity contribution in [1.29, 1.82) is 0 Å². The van der Waals surface area contributed by atoms with E-state index in [0.717, 1.165) is 93.5 Å². The monoisotopic (exact) mass is 843 g/mol. The lowest BCUT2D eigenvalue weighted by molar-refractivity contribution is -0.137. The number of fused-ring (bicyclic) bond motifs is 1. The summed E-state index contributed by atoms with van der Waals surface area (Å²) >= 11 is 0. The molecule has 2 N–H and O–H groups in total. The second kappa shape index (κ2) is 16.8. The van der Waals surface area contributed by atoms with Gasteiger partial charge in [-0.15, -0.1) is 0 Å². The number of carbonyl (C=O) groups excluding carboxylic acids is 5. The van der Waals surface area contributed by atoms with Gasteiger partial charge in [-0.25, -0.2) is 14.2 Å². The van der Waals surface area contributed by atoms with Crippen LogP contribution in [0, 0.1) is 12.5 Å². The molecular weight excluding hydrogens is 799 g/mol. The maximum Gasteiger partial charge on any atom is 0.407 e. The van der Waals surface area contributed by atoms with Crippen LogP contribution in [-0.4, -0.2) is 115 Å². The van der Waals surface area contributed by atoms with E-state index in [4.69, 9.17) is 6.57 Å². The highest BCUT2D eigenvalue weighted by Crippen LogP contribution is 2.40. The second-order valence-electron chi connectivity index (χ2n) is 16.3. The second-order valence-corrected chi connectivity index (χ2v) is 16.3. The van der Waals surface area contributed by atoms with E-state index in [0.29, 0.717) is 5.92 Å². The van der Waals surface area contributed by atoms with Gasteiger partial charge in [0.05, 0.1) is 35.1 Å². The lowest BCUT2D eigenvalue weighted by Crippen LogP contribution is -2.54. The molecule has 5 aliphatic rings. The number of carbonyl (C=O) groups is 5. The normalized spacial score (nSPS) is 21.3. The Hall–Kier alpha value is -6.09. The number of hydrogen-bond donors (Lipinski definition) is 2. The first-order valence-electron chi connectivity index (χ1n) is 20.6. The number of hydrogen-bond acceptors (Lipinski definition) is 10. The highest BCUT2D eigenvalue weighted by atomic mass is 19.4. The third-order valence-electron chi connectivity index (χ3n) is 12.7. The van der Waals surface area contributed by atoms with Crippen LogP contribution in [0.25, 0.3) is 4.85 Å². The van der Waals surface area contributed by atoms with Gasteiger partial charge in [0.15, 0.2) is 11.4 Å². The van der Waals surface area contributed by atoms with Crippen molar-refractivity contribution in [1.82, 2.24) is 20.1 Å². The molecule has 1 atom stereocenters. The average molecular weight is 844 g/mol. The number of pyridine rings is 1. The molecule has 4 saturated heterocycles. The molecule has 5 aliphatic heterocycles. The zero-order valence-corrected chi connectivity index (χ0v) is 33.3. The molecule has 1 aromatic heterocycles. The van der Waals surface area contributed by atoms with Gasteiger partial charge in [-0.3, -0.25) is 39.1 Å². The van der Waals surface area contributed by atoms with Crippen molar-refractivity contribution in [3.8, 4) is 0 Å². The largest absolute Gasteiger partial charge is 0.407 e. The number of nitrogens with one attached hydrogen (secondary N) is 2. The minimum absolute atomic E-state index is 0.0272. The summed E-state index contributed by atoms with van der Waals surface area (Å²) in [5.41, 5.74) is -1.25. The van der Waals surface area contributed by atoms with E-state index < -0.39 is 58.7 Å². The van der Waals surface area contributed by atoms with E-state index in [1.54, 1.807) is 29.3 Å². The van der Waals surface area contributed by atoms with Gasteiger partial charge in [-0.05, 0) is 80.6 Å². The smallest absolute Gasteiger partial charge is 0.371 e. The first-order chi connectivity index (χ1) is 29.2. The Kier molecular flexibility index (Phi) is 11.4. The number of piperazine rings is 1. The summed E-state index contributed by atoms with van der Waals surface area (Å²) in [5, 5.41) is 4.80. The summed E-state index contributed by atoms with van der Waals surface area (Å²) in [5.74, 6) is -2.14. The molecule has 3 aromatic rings. The van der Waals surface area contributed by atoms with Crippen molar-refractivity contribution >= 4 is 58.1 Å². The molecule has 4 fully saturated rings. The number of rotatable bonds is 9. The van der Waals surface area contributed by atoms with Gasteiger partial charge in [0, 0.05) is 83.0 Å². The number of anilines is 4. The molecule has 18 heteroatoms. The van der Waals surface area contributed by atoms with Crippen LogP contribution >= 0.6 is 0 Å². The number of benzene rings is 2. The lowest BCUT2D eigenvalue weighted by Gasteiger charge is -2.38. The Bertz CT molecular complexity index is 2260. The van der Waals surface area contributed by atoms with Gasteiger partial charge in [0.2, 0.25) is 11.8 Å². The summed E-state index contributed by atoms with van der Waals surface area (Å²) in [7, 11) is 0. The standard InChI is InChI=1S/C43H45F4N9O5/c1-48-34-6-3-29(25-33(34)43(45,46)47)54-18-13-42(44,14-19-54)41(61)50-36-8-4-30(26-49-36)53-16-11-27(12-17-53)10-15-52-20-22-55(23-21-52)28-2-5-31-32(24-28)40(60)56(39(31)59)35-7-9-37(57)51-38(35)58/h2-6,8,24-27,35H,7,9-23H2,(H,49,50,61)(H,51,57,58). The maximum atomic E-state index is 15.8. The molecule has 0 radical (unpaired) electrons. The van der Waals surface area contributed by atoms with Crippen LogP contribution in [-0.2, 0) is 20.6 Å². The van der Waals surface area contributed by atoms with E-state index >= 15 is 4.39 Å². The van der Waals surface area contributed by atoms with Crippen LogP contribution in [0.5, 0.6) is 0 Å². The molecule has 6 heterocycles. The lowest BCUT2D eigenvalue weighted by atomic mass is 9.91. The minimum Gasteiger partial charge on any atom is -0.371 e. The number of nitrogens with zero attached hydrogens (tertiary/aromatic N) is 7. The van der Waals surface area contributed by atoms with Crippen LogP contribution in [0.2, 0.25) is 0 Å². The van der Waals surface area contributed by atoms with Crippen LogP contribution in [0.3, 0.4) is 0 Å². The Morgan fingerprint density at radius 3 is 2.11 bits per heavy atom. The SMILES string of the molecule is [C-]#[N+]c1ccc(N2CCC(F)(C(=O)Nc3ccc(N4CCC(CCN5CCN(c6ccc7c(c6)C(=O)N(C6CCC(=O)NC6=O)C7=O)CC5)CC4)cn3)CC2)cc1C(F)(F)F.